The summed E-state index contributed by atoms with van der Waals surface area (Å²) in [5, 5.41) is 2.83. The van der Waals surface area contributed by atoms with E-state index in [2.05, 4.69) is 20.0 Å². The van der Waals surface area contributed by atoms with Gasteiger partial charge in [-0.25, -0.2) is 18.1 Å². The molecule has 0 saturated carbocycles. The summed E-state index contributed by atoms with van der Waals surface area (Å²) in [6.45, 7) is 0.129. The Morgan fingerprint density at radius 1 is 1.37 bits per heavy atom. The minimum atomic E-state index is -3.62. The van der Waals surface area contributed by atoms with Crippen LogP contribution in [0.3, 0.4) is 0 Å². The number of sulfonamides is 1. The second-order valence-electron chi connectivity index (χ2n) is 3.90. The van der Waals surface area contributed by atoms with Crippen molar-refractivity contribution in [1.82, 2.24) is 19.3 Å². The molecule has 0 aliphatic rings. The number of pyridine rings is 1. The molecule has 0 spiro atoms. The molecule has 0 aliphatic carbocycles. The highest BCUT2D eigenvalue weighted by molar-refractivity contribution is 7.89. The Kier molecular flexibility index (Phi) is 3.82. The number of hydrogen-bond donors (Lipinski definition) is 2. The summed E-state index contributed by atoms with van der Waals surface area (Å²) in [6.07, 6.45) is 6.22. The zero-order valence-corrected chi connectivity index (χ0v) is 11.5. The van der Waals surface area contributed by atoms with E-state index in [-0.39, 0.29) is 11.4 Å². The van der Waals surface area contributed by atoms with E-state index in [0.29, 0.717) is 11.5 Å². The first-order valence-electron chi connectivity index (χ1n) is 5.62. The summed E-state index contributed by atoms with van der Waals surface area (Å²) >= 11 is 0. The topological polar surface area (TPSA) is 88.9 Å². The molecule has 0 fully saturated rings. The molecule has 0 bridgehead atoms. The molecule has 19 heavy (non-hydrogen) atoms. The number of imidazole rings is 1. The van der Waals surface area contributed by atoms with Crippen LogP contribution in [0.4, 0.5) is 5.69 Å². The van der Waals surface area contributed by atoms with Crippen LogP contribution in [0, 0.1) is 0 Å². The van der Waals surface area contributed by atoms with Crippen molar-refractivity contribution in [3.8, 4) is 0 Å². The number of hydrogen-bond acceptors (Lipinski definition) is 5. The Labute approximate surface area is 111 Å². The molecule has 102 valence electrons. The van der Waals surface area contributed by atoms with Crippen LogP contribution in [0.5, 0.6) is 0 Å². The van der Waals surface area contributed by atoms with E-state index < -0.39 is 10.0 Å². The molecule has 2 aromatic rings. The van der Waals surface area contributed by atoms with Gasteiger partial charge < -0.3 is 9.88 Å². The van der Waals surface area contributed by atoms with Crippen LogP contribution in [0.15, 0.2) is 35.7 Å². The number of nitrogens with one attached hydrogen (secondary N) is 2. The van der Waals surface area contributed by atoms with Crippen LogP contribution in [0.1, 0.15) is 5.82 Å². The first-order chi connectivity index (χ1) is 9.04. The van der Waals surface area contributed by atoms with Gasteiger partial charge in [0.25, 0.3) is 0 Å². The van der Waals surface area contributed by atoms with Gasteiger partial charge in [-0.15, -0.1) is 0 Å². The second kappa shape index (κ2) is 5.37. The molecule has 0 unspecified atom stereocenters. The molecule has 7 nitrogen and oxygen atoms in total. The lowest BCUT2D eigenvalue weighted by Crippen LogP contribution is -2.25. The number of anilines is 1. The third kappa shape index (κ3) is 2.91. The summed E-state index contributed by atoms with van der Waals surface area (Å²) in [5.74, 6) is 0.637. The van der Waals surface area contributed by atoms with Crippen LogP contribution < -0.4 is 10.0 Å². The van der Waals surface area contributed by atoms with Gasteiger partial charge in [-0.05, 0) is 6.07 Å². The first-order valence-corrected chi connectivity index (χ1v) is 7.10. The van der Waals surface area contributed by atoms with Crippen LogP contribution in [-0.4, -0.2) is 30.0 Å². The molecule has 0 amide bonds. The van der Waals surface area contributed by atoms with Gasteiger partial charge in [-0.2, -0.15) is 0 Å². The minimum absolute atomic E-state index is 0.117. The highest BCUT2D eigenvalue weighted by Crippen LogP contribution is 2.18. The first kappa shape index (κ1) is 13.5. The monoisotopic (exact) mass is 281 g/mol. The average molecular weight is 281 g/mol. The highest BCUT2D eigenvalue weighted by atomic mass is 32.2. The number of nitrogens with zero attached hydrogens (tertiary/aromatic N) is 3. The van der Waals surface area contributed by atoms with Crippen molar-refractivity contribution < 1.29 is 8.42 Å². The molecule has 0 aromatic carbocycles. The number of aromatic nitrogens is 3. The van der Waals surface area contributed by atoms with E-state index in [1.165, 1.54) is 12.4 Å². The maximum atomic E-state index is 12.2. The van der Waals surface area contributed by atoms with E-state index in [1.54, 1.807) is 37.1 Å². The standard InChI is InChI=1S/C11H15N5O2S/c1-12-9-3-4-13-7-10(9)19(17,18)15-8-11-14-5-6-16(11)2/h3-7,15H,8H2,1-2H3,(H,12,13). The molecule has 8 heteroatoms. The summed E-state index contributed by atoms with van der Waals surface area (Å²) in [4.78, 5) is 8.02. The highest BCUT2D eigenvalue weighted by Gasteiger charge is 2.18. The Balaban J connectivity index is 2.21. The van der Waals surface area contributed by atoms with Crippen molar-refractivity contribution in [3.63, 3.8) is 0 Å². The van der Waals surface area contributed by atoms with Gasteiger partial charge in [-0.1, -0.05) is 0 Å². The third-order valence-corrected chi connectivity index (χ3v) is 4.11. The zero-order chi connectivity index (χ0) is 13.9. The van der Waals surface area contributed by atoms with Gasteiger partial charge in [0.2, 0.25) is 10.0 Å². The predicted molar refractivity (Wildman–Crippen MR) is 71.0 cm³/mol. The SMILES string of the molecule is CNc1ccncc1S(=O)(=O)NCc1nccn1C. The fraction of sp³-hybridized carbons (Fsp3) is 0.273. The van der Waals surface area contributed by atoms with Crippen molar-refractivity contribution in [2.24, 2.45) is 7.05 Å². The van der Waals surface area contributed by atoms with Gasteiger partial charge in [0.05, 0.1) is 12.2 Å². The Morgan fingerprint density at radius 2 is 2.16 bits per heavy atom. The van der Waals surface area contributed by atoms with E-state index in [0.717, 1.165) is 0 Å². The van der Waals surface area contributed by atoms with Crippen molar-refractivity contribution in [2.75, 3.05) is 12.4 Å². The van der Waals surface area contributed by atoms with Gasteiger partial charge in [0.1, 0.15) is 10.7 Å². The van der Waals surface area contributed by atoms with Gasteiger partial charge in [0.15, 0.2) is 0 Å². The average Bonchev–Trinajstić information content (AvgIpc) is 2.82. The number of aryl methyl sites for hydroxylation is 1. The lowest BCUT2D eigenvalue weighted by atomic mass is 10.4. The molecular formula is C11H15N5O2S. The fourth-order valence-electron chi connectivity index (χ4n) is 1.60. The Bertz CT molecular complexity index is 665. The van der Waals surface area contributed by atoms with Gasteiger partial charge >= 0.3 is 0 Å². The third-order valence-electron chi connectivity index (χ3n) is 2.68. The van der Waals surface area contributed by atoms with Crippen molar-refractivity contribution in [2.45, 2.75) is 11.4 Å². The van der Waals surface area contributed by atoms with Gasteiger partial charge in [-0.3, -0.25) is 4.98 Å². The largest absolute Gasteiger partial charge is 0.387 e. The summed E-state index contributed by atoms with van der Waals surface area (Å²) in [7, 11) is -0.159. The maximum Gasteiger partial charge on any atom is 0.244 e. The molecule has 0 radical (unpaired) electrons. The lowest BCUT2D eigenvalue weighted by molar-refractivity contribution is 0.577. The molecular weight excluding hydrogens is 266 g/mol. The lowest BCUT2D eigenvalue weighted by Gasteiger charge is -2.10. The van der Waals surface area contributed by atoms with Crippen LogP contribution in [0.2, 0.25) is 0 Å². The smallest absolute Gasteiger partial charge is 0.244 e. The quantitative estimate of drug-likeness (QED) is 0.824. The fourth-order valence-corrected chi connectivity index (χ4v) is 2.74. The molecule has 2 heterocycles. The van der Waals surface area contributed by atoms with Gasteiger partial charge in [0, 0.05) is 38.9 Å². The summed E-state index contributed by atoms with van der Waals surface area (Å²) in [5.41, 5.74) is 0.502. The minimum Gasteiger partial charge on any atom is -0.387 e. The molecule has 0 aliphatic heterocycles. The van der Waals surface area contributed by atoms with Crippen LogP contribution in [0.25, 0.3) is 0 Å². The summed E-state index contributed by atoms with van der Waals surface area (Å²) in [6, 6.07) is 1.61. The summed E-state index contributed by atoms with van der Waals surface area (Å²) < 4.78 is 28.6. The Hall–Kier alpha value is -1.93. The van der Waals surface area contributed by atoms with Crippen LogP contribution in [-0.2, 0) is 23.6 Å². The van der Waals surface area contributed by atoms with Crippen molar-refractivity contribution in [3.05, 3.63) is 36.7 Å². The molecule has 2 N–H and O–H groups in total. The van der Waals surface area contributed by atoms with E-state index in [9.17, 15) is 8.42 Å². The maximum absolute atomic E-state index is 12.2. The van der Waals surface area contributed by atoms with Crippen LogP contribution >= 0.6 is 0 Å². The molecule has 0 atom stereocenters. The molecule has 2 aromatic heterocycles. The Morgan fingerprint density at radius 3 is 2.79 bits per heavy atom. The zero-order valence-electron chi connectivity index (χ0n) is 10.7. The van der Waals surface area contributed by atoms with E-state index >= 15 is 0 Å². The van der Waals surface area contributed by atoms with E-state index in [1.807, 2.05) is 0 Å². The van der Waals surface area contributed by atoms with Crippen molar-refractivity contribution in [1.29, 1.82) is 0 Å². The predicted octanol–water partition coefficient (Wildman–Crippen LogP) is 0.335. The molecule has 0 saturated heterocycles. The second-order valence-corrected chi connectivity index (χ2v) is 5.64. The van der Waals surface area contributed by atoms with E-state index in [4.69, 9.17) is 0 Å². The van der Waals surface area contributed by atoms with Crippen molar-refractivity contribution >= 4 is 15.7 Å². The normalized spacial score (nSPS) is 11.5. The number of rotatable bonds is 5. The molecule has 2 rings (SSSR count).